The number of hydrogen-bond acceptors (Lipinski definition) is 5. The summed E-state index contributed by atoms with van der Waals surface area (Å²) in [5.41, 5.74) is 2.94. The van der Waals surface area contributed by atoms with E-state index in [9.17, 15) is 4.79 Å². The Balaban J connectivity index is 1.83. The van der Waals surface area contributed by atoms with Crippen LogP contribution in [0, 0.1) is 0 Å². The minimum Gasteiger partial charge on any atom is -0.467 e. The van der Waals surface area contributed by atoms with Gasteiger partial charge in [0.05, 0.1) is 20.0 Å². The molecule has 0 saturated carbocycles. The van der Waals surface area contributed by atoms with Gasteiger partial charge in [0, 0.05) is 5.56 Å². The highest BCUT2D eigenvalue weighted by Crippen LogP contribution is 2.21. The van der Waals surface area contributed by atoms with Crippen molar-refractivity contribution in [3.63, 3.8) is 0 Å². The Kier molecular flexibility index (Phi) is 4.15. The van der Waals surface area contributed by atoms with Crippen LogP contribution in [0.1, 0.15) is 21.6 Å². The third-order valence-electron chi connectivity index (χ3n) is 4.07. The lowest BCUT2D eigenvalue weighted by Crippen LogP contribution is -2.09. The summed E-state index contributed by atoms with van der Waals surface area (Å²) < 4.78 is 7.09. The molecule has 2 aromatic heterocycles. The number of carbonyl (C=O) groups excluding carboxylic acids is 1. The van der Waals surface area contributed by atoms with Crippen molar-refractivity contribution in [2.24, 2.45) is 0 Å². The van der Waals surface area contributed by atoms with Crippen molar-refractivity contribution in [1.29, 1.82) is 0 Å². The predicted molar refractivity (Wildman–Crippen MR) is 97.3 cm³/mol. The van der Waals surface area contributed by atoms with Gasteiger partial charge in [-0.15, -0.1) is 0 Å². The lowest BCUT2D eigenvalue weighted by Gasteiger charge is -2.07. The number of ether oxygens (including phenoxy) is 1. The number of carbonyl (C=O) groups is 1. The van der Waals surface area contributed by atoms with E-state index in [0.717, 1.165) is 5.56 Å². The molecule has 4 aromatic rings. The second kappa shape index (κ2) is 6.76. The number of fused-ring (bicyclic) bond motifs is 1. The molecule has 0 spiro atoms. The molecule has 4 rings (SSSR count). The fourth-order valence-electron chi connectivity index (χ4n) is 2.80. The van der Waals surface area contributed by atoms with E-state index in [0.29, 0.717) is 23.3 Å². The largest absolute Gasteiger partial charge is 0.467 e. The summed E-state index contributed by atoms with van der Waals surface area (Å²) in [7, 11) is 1.48. The van der Waals surface area contributed by atoms with Gasteiger partial charge in [-0.3, -0.25) is 4.79 Å². The van der Waals surface area contributed by atoms with Crippen molar-refractivity contribution < 1.29 is 9.53 Å². The highest BCUT2D eigenvalue weighted by molar-refractivity contribution is 6.13. The zero-order valence-corrected chi connectivity index (χ0v) is 14.2. The van der Waals surface area contributed by atoms with Gasteiger partial charge in [-0.2, -0.15) is 9.97 Å². The van der Waals surface area contributed by atoms with Gasteiger partial charge < -0.3 is 9.30 Å². The lowest BCUT2D eigenvalue weighted by atomic mass is 10.1. The highest BCUT2D eigenvalue weighted by Gasteiger charge is 2.20. The molecular formula is C20H16N4O2. The van der Waals surface area contributed by atoms with Crippen LogP contribution in [-0.4, -0.2) is 32.4 Å². The van der Waals surface area contributed by atoms with Crippen molar-refractivity contribution in [2.75, 3.05) is 7.11 Å². The molecule has 0 radical (unpaired) electrons. The Labute approximate surface area is 150 Å². The van der Waals surface area contributed by atoms with E-state index >= 15 is 0 Å². The van der Waals surface area contributed by atoms with Crippen LogP contribution < -0.4 is 4.74 Å². The Hall–Kier alpha value is -3.54. The van der Waals surface area contributed by atoms with E-state index in [1.165, 1.54) is 7.11 Å². The number of nitrogens with zero attached hydrogens (tertiary/aromatic N) is 4. The number of ketones is 1. The summed E-state index contributed by atoms with van der Waals surface area (Å²) >= 11 is 0. The molecule has 0 saturated heterocycles. The van der Waals surface area contributed by atoms with E-state index < -0.39 is 0 Å². The molecule has 0 aliphatic heterocycles. The first-order valence-corrected chi connectivity index (χ1v) is 8.17. The zero-order chi connectivity index (χ0) is 17.9. The second-order valence-electron chi connectivity index (χ2n) is 5.78. The number of imidazole rings is 1. The molecule has 128 valence electrons. The lowest BCUT2D eigenvalue weighted by molar-refractivity contribution is 0.103. The van der Waals surface area contributed by atoms with Crippen molar-refractivity contribution >= 4 is 16.9 Å². The predicted octanol–water partition coefficient (Wildman–Crippen LogP) is 3.11. The summed E-state index contributed by atoms with van der Waals surface area (Å²) in [5.74, 6) is -0.207. The normalized spacial score (nSPS) is 10.8. The molecule has 2 heterocycles. The van der Waals surface area contributed by atoms with Crippen molar-refractivity contribution in [3.8, 4) is 6.01 Å². The van der Waals surface area contributed by atoms with E-state index in [-0.39, 0.29) is 17.5 Å². The standard InChI is InChI=1S/C20H16N4O2/c1-26-20-22-16(18(25)15-10-6-3-7-11-15)17-19(23-20)24(13-21-17)12-14-8-4-2-5-9-14/h2-11,13H,12H2,1H3. The average Bonchev–Trinajstić information content (AvgIpc) is 3.11. The van der Waals surface area contributed by atoms with Crippen LogP contribution in [0.4, 0.5) is 0 Å². The molecule has 0 fully saturated rings. The molecule has 0 aliphatic carbocycles. The van der Waals surface area contributed by atoms with Gasteiger partial charge in [-0.1, -0.05) is 60.7 Å². The molecule has 0 aliphatic rings. The van der Waals surface area contributed by atoms with Crippen LogP contribution in [0.25, 0.3) is 11.2 Å². The van der Waals surface area contributed by atoms with Gasteiger partial charge in [0.25, 0.3) is 0 Å². The van der Waals surface area contributed by atoms with Crippen molar-refractivity contribution in [2.45, 2.75) is 6.54 Å². The Morgan fingerprint density at radius 2 is 1.69 bits per heavy atom. The fraction of sp³-hybridized carbons (Fsp3) is 0.100. The first-order chi connectivity index (χ1) is 12.8. The minimum absolute atomic E-state index is 0.145. The average molecular weight is 344 g/mol. The molecular weight excluding hydrogens is 328 g/mol. The molecule has 6 heteroatoms. The molecule has 0 atom stereocenters. The minimum atomic E-state index is -0.207. The van der Waals surface area contributed by atoms with Gasteiger partial charge in [-0.05, 0) is 5.56 Å². The van der Waals surface area contributed by atoms with Gasteiger partial charge in [0.2, 0.25) is 5.78 Å². The third kappa shape index (κ3) is 2.93. The number of rotatable bonds is 5. The molecule has 26 heavy (non-hydrogen) atoms. The Morgan fingerprint density at radius 1 is 1.00 bits per heavy atom. The summed E-state index contributed by atoms with van der Waals surface area (Å²) in [6.07, 6.45) is 1.67. The molecule has 2 aromatic carbocycles. The number of methoxy groups -OCH3 is 1. The SMILES string of the molecule is COc1nc(C(=O)c2ccccc2)c2ncn(Cc3ccccc3)c2n1. The highest BCUT2D eigenvalue weighted by atomic mass is 16.5. The summed E-state index contributed by atoms with van der Waals surface area (Å²) in [6, 6.07) is 19.1. The van der Waals surface area contributed by atoms with Crippen LogP contribution >= 0.6 is 0 Å². The smallest absolute Gasteiger partial charge is 0.318 e. The summed E-state index contributed by atoms with van der Waals surface area (Å²) in [5, 5.41) is 0. The van der Waals surface area contributed by atoms with E-state index in [1.54, 1.807) is 18.5 Å². The summed E-state index contributed by atoms with van der Waals surface area (Å²) in [4.78, 5) is 26.0. The van der Waals surface area contributed by atoms with Gasteiger partial charge in [0.15, 0.2) is 5.65 Å². The number of aromatic nitrogens is 4. The molecule has 0 bridgehead atoms. The maximum Gasteiger partial charge on any atom is 0.318 e. The van der Waals surface area contributed by atoms with Gasteiger partial charge in [0.1, 0.15) is 11.2 Å². The van der Waals surface area contributed by atoms with Crippen LogP contribution in [0.3, 0.4) is 0 Å². The monoisotopic (exact) mass is 344 g/mol. The molecule has 0 unspecified atom stereocenters. The van der Waals surface area contributed by atoms with Crippen LogP contribution in [0.5, 0.6) is 6.01 Å². The maximum absolute atomic E-state index is 12.9. The number of benzene rings is 2. The number of hydrogen-bond donors (Lipinski definition) is 0. The third-order valence-corrected chi connectivity index (χ3v) is 4.07. The van der Waals surface area contributed by atoms with Crippen molar-refractivity contribution in [1.82, 2.24) is 19.5 Å². The maximum atomic E-state index is 12.9. The fourth-order valence-corrected chi connectivity index (χ4v) is 2.80. The quantitative estimate of drug-likeness (QED) is 0.520. The van der Waals surface area contributed by atoms with Crippen LogP contribution in [0.15, 0.2) is 67.0 Å². The van der Waals surface area contributed by atoms with Crippen molar-refractivity contribution in [3.05, 3.63) is 83.8 Å². The first-order valence-electron chi connectivity index (χ1n) is 8.17. The van der Waals surface area contributed by atoms with Gasteiger partial charge >= 0.3 is 6.01 Å². The first kappa shape index (κ1) is 16.0. The van der Waals surface area contributed by atoms with Crippen LogP contribution in [0.2, 0.25) is 0 Å². The topological polar surface area (TPSA) is 69.9 Å². The van der Waals surface area contributed by atoms with Gasteiger partial charge in [-0.25, -0.2) is 4.98 Å². The second-order valence-corrected chi connectivity index (χ2v) is 5.78. The Morgan fingerprint density at radius 3 is 2.38 bits per heavy atom. The molecule has 0 amide bonds. The van der Waals surface area contributed by atoms with E-state index in [4.69, 9.17) is 4.74 Å². The zero-order valence-electron chi connectivity index (χ0n) is 14.2. The molecule has 0 N–H and O–H groups in total. The van der Waals surface area contributed by atoms with E-state index in [1.807, 2.05) is 53.1 Å². The summed E-state index contributed by atoms with van der Waals surface area (Å²) in [6.45, 7) is 0.594. The van der Waals surface area contributed by atoms with Crippen LogP contribution in [-0.2, 0) is 6.54 Å². The molecule has 6 nitrogen and oxygen atoms in total. The Bertz CT molecular complexity index is 1060. The van der Waals surface area contributed by atoms with E-state index in [2.05, 4.69) is 15.0 Å².